The summed E-state index contributed by atoms with van der Waals surface area (Å²) in [6, 6.07) is 15.5. The Balaban J connectivity index is 2.05. The van der Waals surface area contributed by atoms with Crippen molar-refractivity contribution < 1.29 is 9.53 Å². The Kier molecular flexibility index (Phi) is 4.99. The van der Waals surface area contributed by atoms with Crippen LogP contribution in [0, 0.1) is 6.92 Å². The molecule has 0 saturated heterocycles. The van der Waals surface area contributed by atoms with Gasteiger partial charge in [-0.15, -0.1) is 0 Å². The van der Waals surface area contributed by atoms with E-state index in [0.717, 1.165) is 29.0 Å². The summed E-state index contributed by atoms with van der Waals surface area (Å²) in [5.74, 6) is 0.627. The molecular formula is C18H21NO2. The van der Waals surface area contributed by atoms with E-state index in [4.69, 9.17) is 4.74 Å². The van der Waals surface area contributed by atoms with Gasteiger partial charge < -0.3 is 10.1 Å². The van der Waals surface area contributed by atoms with Crippen LogP contribution in [0.5, 0.6) is 5.75 Å². The lowest BCUT2D eigenvalue weighted by Crippen LogP contribution is -2.30. The number of carbonyl (C=O) groups excluding carboxylic acids is 1. The molecule has 0 fully saturated rings. The van der Waals surface area contributed by atoms with Crippen LogP contribution in [0.3, 0.4) is 0 Å². The first-order chi connectivity index (χ1) is 10.1. The molecule has 1 N–H and O–H groups in total. The number of para-hydroxylation sites is 2. The van der Waals surface area contributed by atoms with Gasteiger partial charge >= 0.3 is 0 Å². The van der Waals surface area contributed by atoms with Gasteiger partial charge in [-0.1, -0.05) is 43.3 Å². The van der Waals surface area contributed by atoms with Crippen molar-refractivity contribution in [1.82, 2.24) is 0 Å². The summed E-state index contributed by atoms with van der Waals surface area (Å²) >= 11 is 0. The first kappa shape index (κ1) is 15.1. The zero-order valence-corrected chi connectivity index (χ0v) is 12.7. The molecule has 1 atom stereocenters. The van der Waals surface area contributed by atoms with Gasteiger partial charge in [-0.05, 0) is 43.5 Å². The van der Waals surface area contributed by atoms with Crippen molar-refractivity contribution in [2.45, 2.75) is 33.3 Å². The van der Waals surface area contributed by atoms with Gasteiger partial charge in [-0.3, -0.25) is 4.79 Å². The Morgan fingerprint density at radius 3 is 2.52 bits per heavy atom. The molecule has 110 valence electrons. The molecule has 2 aromatic carbocycles. The Morgan fingerprint density at radius 2 is 1.81 bits per heavy atom. The van der Waals surface area contributed by atoms with Crippen molar-refractivity contribution in [1.29, 1.82) is 0 Å². The van der Waals surface area contributed by atoms with Crippen molar-refractivity contribution >= 4 is 11.6 Å². The molecular weight excluding hydrogens is 262 g/mol. The highest BCUT2D eigenvalue weighted by Crippen LogP contribution is 2.20. The molecule has 0 aliphatic rings. The standard InChI is InChI=1S/C18H21NO2/c1-4-15-10-6-8-12-17(15)21-14(3)18(20)19-16-11-7-5-9-13(16)2/h5-12,14H,4H2,1-3H3,(H,19,20)/t14-/m1/s1. The third-order valence-electron chi connectivity index (χ3n) is 3.43. The minimum atomic E-state index is -0.544. The molecule has 2 rings (SSSR count). The first-order valence-electron chi connectivity index (χ1n) is 7.23. The van der Waals surface area contributed by atoms with Crippen LogP contribution in [-0.2, 0) is 11.2 Å². The lowest BCUT2D eigenvalue weighted by molar-refractivity contribution is -0.122. The molecule has 0 aromatic heterocycles. The number of amides is 1. The van der Waals surface area contributed by atoms with E-state index < -0.39 is 6.10 Å². The van der Waals surface area contributed by atoms with Crippen molar-refractivity contribution in [3.05, 3.63) is 59.7 Å². The lowest BCUT2D eigenvalue weighted by Gasteiger charge is -2.17. The number of anilines is 1. The van der Waals surface area contributed by atoms with Gasteiger partial charge in [0.05, 0.1) is 0 Å². The maximum atomic E-state index is 12.2. The average molecular weight is 283 g/mol. The molecule has 3 nitrogen and oxygen atoms in total. The van der Waals surface area contributed by atoms with E-state index in [9.17, 15) is 4.79 Å². The van der Waals surface area contributed by atoms with Gasteiger partial charge in [0.1, 0.15) is 5.75 Å². The van der Waals surface area contributed by atoms with Crippen LogP contribution in [0.4, 0.5) is 5.69 Å². The number of hydrogen-bond donors (Lipinski definition) is 1. The first-order valence-corrected chi connectivity index (χ1v) is 7.23. The zero-order chi connectivity index (χ0) is 15.2. The van der Waals surface area contributed by atoms with E-state index >= 15 is 0 Å². The normalized spacial score (nSPS) is 11.8. The van der Waals surface area contributed by atoms with Crippen LogP contribution < -0.4 is 10.1 Å². The minimum Gasteiger partial charge on any atom is -0.481 e. The van der Waals surface area contributed by atoms with Crippen molar-refractivity contribution in [3.8, 4) is 5.75 Å². The van der Waals surface area contributed by atoms with E-state index in [1.165, 1.54) is 0 Å². The monoisotopic (exact) mass is 283 g/mol. The highest BCUT2D eigenvalue weighted by Gasteiger charge is 2.16. The molecule has 21 heavy (non-hydrogen) atoms. The summed E-state index contributed by atoms with van der Waals surface area (Å²) in [7, 11) is 0. The fraction of sp³-hybridized carbons (Fsp3) is 0.278. The molecule has 2 aromatic rings. The summed E-state index contributed by atoms with van der Waals surface area (Å²) in [6.07, 6.45) is 0.333. The largest absolute Gasteiger partial charge is 0.481 e. The van der Waals surface area contributed by atoms with E-state index in [0.29, 0.717) is 0 Å². The Labute approximate surface area is 126 Å². The molecule has 0 bridgehead atoms. The van der Waals surface area contributed by atoms with E-state index in [1.807, 2.05) is 55.5 Å². The fourth-order valence-electron chi connectivity index (χ4n) is 2.10. The van der Waals surface area contributed by atoms with Crippen molar-refractivity contribution in [2.75, 3.05) is 5.32 Å². The highest BCUT2D eigenvalue weighted by molar-refractivity contribution is 5.94. The number of ether oxygens (including phenoxy) is 1. The Hall–Kier alpha value is -2.29. The van der Waals surface area contributed by atoms with Crippen LogP contribution in [0.2, 0.25) is 0 Å². The minimum absolute atomic E-state index is 0.143. The third kappa shape index (κ3) is 3.85. The maximum absolute atomic E-state index is 12.2. The molecule has 0 aliphatic heterocycles. The topological polar surface area (TPSA) is 38.3 Å². The molecule has 0 unspecified atom stereocenters. The van der Waals surface area contributed by atoms with Gasteiger partial charge in [0.2, 0.25) is 0 Å². The zero-order valence-electron chi connectivity index (χ0n) is 12.7. The maximum Gasteiger partial charge on any atom is 0.265 e. The van der Waals surface area contributed by atoms with Crippen LogP contribution in [0.15, 0.2) is 48.5 Å². The fourth-order valence-corrected chi connectivity index (χ4v) is 2.10. The number of nitrogens with one attached hydrogen (secondary N) is 1. The van der Waals surface area contributed by atoms with Gasteiger partial charge in [0, 0.05) is 5.69 Å². The SMILES string of the molecule is CCc1ccccc1O[C@H](C)C(=O)Nc1ccccc1C. The van der Waals surface area contributed by atoms with E-state index in [-0.39, 0.29) is 5.91 Å². The van der Waals surface area contributed by atoms with Gasteiger partial charge in [0.25, 0.3) is 5.91 Å². The van der Waals surface area contributed by atoms with Crippen LogP contribution in [0.25, 0.3) is 0 Å². The number of benzene rings is 2. The van der Waals surface area contributed by atoms with Crippen LogP contribution >= 0.6 is 0 Å². The molecule has 3 heteroatoms. The second-order valence-corrected chi connectivity index (χ2v) is 5.03. The van der Waals surface area contributed by atoms with Crippen molar-refractivity contribution in [2.24, 2.45) is 0 Å². The predicted octanol–water partition coefficient (Wildman–Crippen LogP) is 3.96. The summed E-state index contributed by atoms with van der Waals surface area (Å²) < 4.78 is 5.80. The molecule has 0 saturated carbocycles. The Morgan fingerprint density at radius 1 is 1.14 bits per heavy atom. The second-order valence-electron chi connectivity index (χ2n) is 5.03. The summed E-state index contributed by atoms with van der Waals surface area (Å²) in [5.41, 5.74) is 2.96. The quantitative estimate of drug-likeness (QED) is 0.902. The van der Waals surface area contributed by atoms with Crippen molar-refractivity contribution in [3.63, 3.8) is 0 Å². The van der Waals surface area contributed by atoms with E-state index in [2.05, 4.69) is 12.2 Å². The van der Waals surface area contributed by atoms with Crippen LogP contribution in [-0.4, -0.2) is 12.0 Å². The second kappa shape index (κ2) is 6.93. The van der Waals surface area contributed by atoms with E-state index in [1.54, 1.807) is 6.92 Å². The molecule has 0 spiro atoms. The molecule has 0 aliphatic carbocycles. The third-order valence-corrected chi connectivity index (χ3v) is 3.43. The van der Waals surface area contributed by atoms with Gasteiger partial charge in [0.15, 0.2) is 6.10 Å². The summed E-state index contributed by atoms with van der Waals surface area (Å²) in [5, 5.41) is 2.90. The summed E-state index contributed by atoms with van der Waals surface area (Å²) in [6.45, 7) is 5.80. The number of hydrogen-bond acceptors (Lipinski definition) is 2. The van der Waals surface area contributed by atoms with Crippen LogP contribution in [0.1, 0.15) is 25.0 Å². The lowest BCUT2D eigenvalue weighted by atomic mass is 10.1. The number of aryl methyl sites for hydroxylation is 2. The highest BCUT2D eigenvalue weighted by atomic mass is 16.5. The molecule has 0 radical (unpaired) electrons. The van der Waals surface area contributed by atoms with Gasteiger partial charge in [-0.2, -0.15) is 0 Å². The number of carbonyl (C=O) groups is 1. The molecule has 1 amide bonds. The Bertz CT molecular complexity index is 622. The average Bonchev–Trinajstić information content (AvgIpc) is 2.50. The summed E-state index contributed by atoms with van der Waals surface area (Å²) in [4.78, 5) is 12.2. The number of rotatable bonds is 5. The molecule has 0 heterocycles. The smallest absolute Gasteiger partial charge is 0.265 e. The van der Waals surface area contributed by atoms with Gasteiger partial charge in [-0.25, -0.2) is 0 Å². The predicted molar refractivity (Wildman–Crippen MR) is 85.7 cm³/mol.